The van der Waals surface area contributed by atoms with Gasteiger partial charge in [-0.05, 0) is 36.6 Å². The highest BCUT2D eigenvalue weighted by atomic mass is 16.4. The van der Waals surface area contributed by atoms with Gasteiger partial charge in [-0.25, -0.2) is 4.79 Å². The number of nitrogens with one attached hydrogen (secondary N) is 1. The van der Waals surface area contributed by atoms with Crippen molar-refractivity contribution in [1.82, 2.24) is 9.88 Å². The maximum absolute atomic E-state index is 12.8. The minimum absolute atomic E-state index is 0.0379. The molecule has 0 unspecified atom stereocenters. The molecule has 0 spiro atoms. The Labute approximate surface area is 155 Å². The molecule has 27 heavy (non-hydrogen) atoms. The number of ketones is 1. The quantitative estimate of drug-likeness (QED) is 0.722. The smallest absolute Gasteiger partial charge is 0.408 e. The first kappa shape index (κ1) is 17.3. The average molecular weight is 364 g/mol. The summed E-state index contributed by atoms with van der Waals surface area (Å²) in [6, 6.07) is 14.7. The van der Waals surface area contributed by atoms with Gasteiger partial charge in [-0.2, -0.15) is 0 Å². The van der Waals surface area contributed by atoms with E-state index in [0.717, 1.165) is 5.56 Å². The second-order valence-corrected chi connectivity index (χ2v) is 6.91. The van der Waals surface area contributed by atoms with Crippen LogP contribution in [-0.2, 0) is 11.2 Å². The highest BCUT2D eigenvalue weighted by molar-refractivity contribution is 6.00. The number of Topliss-reactive ketones (excluding diaryl/α,β-unsaturated/α-hetero) is 1. The fourth-order valence-corrected chi connectivity index (χ4v) is 3.61. The Kier molecular flexibility index (Phi) is 4.62. The van der Waals surface area contributed by atoms with Gasteiger partial charge < -0.3 is 9.32 Å². The van der Waals surface area contributed by atoms with E-state index in [9.17, 15) is 14.4 Å². The van der Waals surface area contributed by atoms with Crippen molar-refractivity contribution < 1.29 is 14.0 Å². The summed E-state index contributed by atoms with van der Waals surface area (Å²) in [6.45, 7) is 1.17. The summed E-state index contributed by atoms with van der Waals surface area (Å²) in [5.74, 6) is -0.507. The Hall–Kier alpha value is -3.15. The second kappa shape index (κ2) is 7.23. The number of oxazole rings is 1. The average Bonchev–Trinajstić information content (AvgIpc) is 3.07. The molecule has 0 aliphatic carbocycles. The summed E-state index contributed by atoms with van der Waals surface area (Å²) < 4.78 is 5.03. The Bertz CT molecular complexity index is 1030. The van der Waals surface area contributed by atoms with Gasteiger partial charge >= 0.3 is 5.76 Å². The molecule has 1 amide bonds. The van der Waals surface area contributed by atoms with E-state index in [4.69, 9.17) is 4.42 Å². The molecule has 0 atom stereocenters. The number of aromatic amines is 1. The van der Waals surface area contributed by atoms with E-state index in [-0.39, 0.29) is 17.6 Å². The minimum atomic E-state index is -0.528. The number of rotatable bonds is 4. The molecular weight excluding hydrogens is 344 g/mol. The van der Waals surface area contributed by atoms with Crippen LogP contribution in [0.2, 0.25) is 0 Å². The normalized spacial score (nSPS) is 15.2. The maximum Gasteiger partial charge on any atom is 0.417 e. The van der Waals surface area contributed by atoms with Crippen LogP contribution in [0.3, 0.4) is 0 Å². The summed E-state index contributed by atoms with van der Waals surface area (Å²) >= 11 is 0. The summed E-state index contributed by atoms with van der Waals surface area (Å²) in [5, 5.41) is 0. The fourth-order valence-electron chi connectivity index (χ4n) is 3.61. The molecule has 2 heterocycles. The van der Waals surface area contributed by atoms with Gasteiger partial charge in [0.15, 0.2) is 11.4 Å². The molecule has 6 nitrogen and oxygen atoms in total. The van der Waals surface area contributed by atoms with Crippen molar-refractivity contribution >= 4 is 22.8 Å². The number of carbonyl (C=O) groups is 2. The van der Waals surface area contributed by atoms with E-state index in [0.29, 0.717) is 49.0 Å². The number of hydrogen-bond donors (Lipinski definition) is 1. The van der Waals surface area contributed by atoms with Crippen molar-refractivity contribution in [3.8, 4) is 0 Å². The van der Waals surface area contributed by atoms with Crippen molar-refractivity contribution in [1.29, 1.82) is 0 Å². The van der Waals surface area contributed by atoms with Crippen LogP contribution < -0.4 is 5.76 Å². The monoisotopic (exact) mass is 364 g/mol. The van der Waals surface area contributed by atoms with Crippen LogP contribution in [0.4, 0.5) is 0 Å². The molecule has 1 aliphatic heterocycles. The van der Waals surface area contributed by atoms with Crippen LogP contribution >= 0.6 is 0 Å². The van der Waals surface area contributed by atoms with E-state index in [1.54, 1.807) is 18.2 Å². The van der Waals surface area contributed by atoms with Crippen molar-refractivity contribution in [2.75, 3.05) is 13.1 Å². The molecule has 138 valence electrons. The summed E-state index contributed by atoms with van der Waals surface area (Å²) in [4.78, 5) is 40.9. The van der Waals surface area contributed by atoms with Crippen LogP contribution in [0.15, 0.2) is 57.7 Å². The summed E-state index contributed by atoms with van der Waals surface area (Å²) in [6.07, 6.45) is 1.69. The SMILES string of the molecule is O=C(c1ccc2[nH]c(=O)oc2c1)C1CCN(C(=O)Cc2ccccc2)CC1. The number of likely N-dealkylation sites (tertiary alicyclic amines) is 1. The molecule has 2 aromatic carbocycles. The van der Waals surface area contributed by atoms with Gasteiger partial charge in [-0.3, -0.25) is 14.6 Å². The summed E-state index contributed by atoms with van der Waals surface area (Å²) in [7, 11) is 0. The van der Waals surface area contributed by atoms with Gasteiger partial charge in [0.2, 0.25) is 5.91 Å². The van der Waals surface area contributed by atoms with Crippen LogP contribution in [0.5, 0.6) is 0 Å². The predicted molar refractivity (Wildman–Crippen MR) is 101 cm³/mol. The van der Waals surface area contributed by atoms with Gasteiger partial charge in [0.05, 0.1) is 11.9 Å². The third kappa shape index (κ3) is 3.69. The van der Waals surface area contributed by atoms with Crippen molar-refractivity contribution in [2.45, 2.75) is 19.3 Å². The lowest BCUT2D eigenvalue weighted by Gasteiger charge is -2.31. The number of aromatic nitrogens is 1. The first-order chi connectivity index (χ1) is 13.1. The van der Waals surface area contributed by atoms with Crippen molar-refractivity contribution in [3.05, 3.63) is 70.2 Å². The zero-order valence-corrected chi connectivity index (χ0v) is 14.8. The topological polar surface area (TPSA) is 83.4 Å². The van der Waals surface area contributed by atoms with Gasteiger partial charge in [0.1, 0.15) is 0 Å². The molecule has 0 saturated carbocycles. The Balaban J connectivity index is 1.38. The number of H-pyrrole nitrogens is 1. The van der Waals surface area contributed by atoms with Crippen LogP contribution in [0, 0.1) is 5.92 Å². The zero-order valence-electron chi connectivity index (χ0n) is 14.8. The molecule has 1 fully saturated rings. The van der Waals surface area contributed by atoms with Crippen LogP contribution in [0.1, 0.15) is 28.8 Å². The Morgan fingerprint density at radius 2 is 1.81 bits per heavy atom. The van der Waals surface area contributed by atoms with E-state index in [2.05, 4.69) is 4.98 Å². The van der Waals surface area contributed by atoms with Crippen molar-refractivity contribution in [3.63, 3.8) is 0 Å². The number of amides is 1. The predicted octanol–water partition coefficient (Wildman–Crippen LogP) is 2.79. The van der Waals surface area contributed by atoms with E-state index >= 15 is 0 Å². The molecule has 1 aromatic heterocycles. The lowest BCUT2D eigenvalue weighted by atomic mass is 9.88. The molecule has 0 bridgehead atoms. The third-order valence-electron chi connectivity index (χ3n) is 5.12. The number of benzene rings is 2. The van der Waals surface area contributed by atoms with Crippen molar-refractivity contribution in [2.24, 2.45) is 5.92 Å². The largest absolute Gasteiger partial charge is 0.417 e. The first-order valence-corrected chi connectivity index (χ1v) is 9.09. The van der Waals surface area contributed by atoms with E-state index < -0.39 is 5.76 Å². The Morgan fingerprint density at radius 1 is 1.07 bits per heavy atom. The zero-order chi connectivity index (χ0) is 18.8. The molecule has 1 aliphatic rings. The highest BCUT2D eigenvalue weighted by Crippen LogP contribution is 2.24. The standard InChI is InChI=1S/C21H20N2O4/c24-19(12-14-4-2-1-3-5-14)23-10-8-15(9-11-23)20(25)16-6-7-17-18(13-16)27-21(26)22-17/h1-7,13,15H,8-12H2,(H,22,26). The van der Waals surface area contributed by atoms with Gasteiger partial charge in [0.25, 0.3) is 0 Å². The number of fused-ring (bicyclic) bond motifs is 1. The molecule has 6 heteroatoms. The molecule has 1 saturated heterocycles. The van der Waals surface area contributed by atoms with E-state index in [1.807, 2.05) is 35.2 Å². The van der Waals surface area contributed by atoms with E-state index in [1.165, 1.54) is 0 Å². The lowest BCUT2D eigenvalue weighted by molar-refractivity contribution is -0.131. The number of carbonyl (C=O) groups excluding carboxylic acids is 2. The van der Waals surface area contributed by atoms with Gasteiger partial charge in [0, 0.05) is 24.6 Å². The van der Waals surface area contributed by atoms with Crippen LogP contribution in [-0.4, -0.2) is 34.7 Å². The second-order valence-electron chi connectivity index (χ2n) is 6.91. The number of nitrogens with zero attached hydrogens (tertiary/aromatic N) is 1. The molecule has 1 N–H and O–H groups in total. The summed E-state index contributed by atoms with van der Waals surface area (Å²) in [5.41, 5.74) is 2.51. The maximum atomic E-state index is 12.8. The number of piperidine rings is 1. The van der Waals surface area contributed by atoms with Gasteiger partial charge in [-0.15, -0.1) is 0 Å². The first-order valence-electron chi connectivity index (χ1n) is 9.09. The molecule has 4 rings (SSSR count). The minimum Gasteiger partial charge on any atom is -0.408 e. The Morgan fingerprint density at radius 3 is 2.56 bits per heavy atom. The van der Waals surface area contributed by atoms with Crippen LogP contribution in [0.25, 0.3) is 11.1 Å². The molecule has 3 aromatic rings. The van der Waals surface area contributed by atoms with Gasteiger partial charge in [-0.1, -0.05) is 30.3 Å². The lowest BCUT2D eigenvalue weighted by Crippen LogP contribution is -2.41. The third-order valence-corrected chi connectivity index (χ3v) is 5.12. The highest BCUT2D eigenvalue weighted by Gasteiger charge is 2.28. The molecular formula is C21H20N2O4. The fraction of sp³-hybridized carbons (Fsp3) is 0.286. The number of hydrogen-bond acceptors (Lipinski definition) is 4. The molecule has 0 radical (unpaired) electrons.